The first-order valence-corrected chi connectivity index (χ1v) is 22.3. The Labute approximate surface area is 333 Å². The van der Waals surface area contributed by atoms with Crippen LogP contribution in [0.2, 0.25) is 0 Å². The average molecular weight is 908 g/mol. The summed E-state index contributed by atoms with van der Waals surface area (Å²) in [6.45, 7) is 0.316. The largest absolute Gasteiger partial charge is 0.481 e. The lowest BCUT2D eigenvalue weighted by Crippen LogP contribution is -2.46. The number of nitrogens with one attached hydrogen (secondary N) is 2. The van der Waals surface area contributed by atoms with Crippen molar-refractivity contribution in [3.05, 3.63) is 24.8 Å². The summed E-state index contributed by atoms with van der Waals surface area (Å²) in [5.74, 6) is -2.25. The molecule has 0 spiro atoms. The molecule has 2 amide bonds. The van der Waals surface area contributed by atoms with Gasteiger partial charge in [0.15, 0.2) is 22.8 Å². The number of hydrogen-bond donors (Lipinski definition) is 10. The van der Waals surface area contributed by atoms with E-state index in [0.717, 1.165) is 29.0 Å². The number of nitrogens with two attached hydrogens (primary N) is 1. The molecule has 3 heterocycles. The van der Waals surface area contributed by atoms with Crippen LogP contribution in [0.4, 0.5) is 5.82 Å². The summed E-state index contributed by atoms with van der Waals surface area (Å²) in [4.78, 5) is 97.9. The summed E-state index contributed by atoms with van der Waals surface area (Å²) in [7, 11) is -16.4. The highest BCUT2D eigenvalue weighted by molar-refractivity contribution is 8.13. The highest BCUT2D eigenvalue weighted by atomic mass is 32.2. The van der Waals surface area contributed by atoms with Crippen LogP contribution in [0.1, 0.15) is 45.8 Å². The van der Waals surface area contributed by atoms with Crippen molar-refractivity contribution in [1.82, 2.24) is 30.2 Å². The van der Waals surface area contributed by atoms with Crippen molar-refractivity contribution in [3.8, 4) is 0 Å². The fraction of sp³-hybridized carbons (Fsp3) is 0.607. The summed E-state index contributed by atoms with van der Waals surface area (Å²) >= 11 is 0.984. The number of anilines is 1. The first-order valence-electron chi connectivity index (χ1n) is 16.8. The summed E-state index contributed by atoms with van der Waals surface area (Å²) in [5.41, 5.74) is 4.21. The first kappa shape index (κ1) is 49.1. The van der Waals surface area contributed by atoms with Gasteiger partial charge in [0.1, 0.15) is 36.3 Å². The van der Waals surface area contributed by atoms with E-state index in [0.29, 0.717) is 6.42 Å². The normalized spacial score (nSPS) is 21.4. The molecular weight excluding hydrogens is 863 g/mol. The number of fused-ring (bicyclic) bond motifs is 1. The van der Waals surface area contributed by atoms with Gasteiger partial charge < -0.3 is 56.0 Å². The lowest BCUT2D eigenvalue weighted by molar-refractivity contribution is -0.137. The van der Waals surface area contributed by atoms with Gasteiger partial charge in [-0.25, -0.2) is 28.6 Å². The summed E-state index contributed by atoms with van der Waals surface area (Å²) in [6.07, 6.45) is -3.58. The van der Waals surface area contributed by atoms with Crippen molar-refractivity contribution in [2.45, 2.75) is 70.2 Å². The van der Waals surface area contributed by atoms with E-state index in [1.807, 2.05) is 0 Å². The topological polar surface area (TPSA) is 401 Å². The van der Waals surface area contributed by atoms with Gasteiger partial charge in [0.05, 0.1) is 26.0 Å². The quantitative estimate of drug-likeness (QED) is 0.0360. The van der Waals surface area contributed by atoms with E-state index in [9.17, 15) is 62.7 Å². The molecule has 0 radical (unpaired) electrons. The molecular formula is C28H44N7O19P3S. The molecule has 30 heteroatoms. The molecule has 0 saturated carbocycles. The van der Waals surface area contributed by atoms with Crippen molar-refractivity contribution >= 4 is 75.1 Å². The highest BCUT2D eigenvalue weighted by Gasteiger charge is 2.50. The van der Waals surface area contributed by atoms with E-state index in [2.05, 4.69) is 34.4 Å². The summed E-state index contributed by atoms with van der Waals surface area (Å²) in [6, 6.07) is 0. The number of carbonyl (C=O) groups is 4. The second-order valence-electron chi connectivity index (χ2n) is 12.9. The molecule has 1 saturated heterocycles. The number of nitrogen functional groups attached to an aromatic ring is 1. The molecule has 2 aromatic rings. The number of ether oxygens (including phenoxy) is 1. The third-order valence-corrected chi connectivity index (χ3v) is 11.8. The van der Waals surface area contributed by atoms with E-state index < -0.39 is 90.5 Å². The lowest BCUT2D eigenvalue weighted by atomic mass is 9.87. The first-order chi connectivity index (χ1) is 26.9. The number of aromatic nitrogens is 4. The number of amides is 2. The van der Waals surface area contributed by atoms with Gasteiger partial charge in [0.25, 0.3) is 0 Å². The number of carboxylic acids is 1. The molecule has 26 nitrogen and oxygen atoms in total. The van der Waals surface area contributed by atoms with Gasteiger partial charge in [-0.1, -0.05) is 37.8 Å². The second kappa shape index (κ2) is 21.3. The van der Waals surface area contributed by atoms with Crippen molar-refractivity contribution in [2.24, 2.45) is 5.41 Å². The number of phosphoric acid groups is 3. The summed E-state index contributed by atoms with van der Waals surface area (Å²) < 4.78 is 62.0. The Kier molecular flexibility index (Phi) is 18.1. The second-order valence-corrected chi connectivity index (χ2v) is 18.3. The molecule has 0 bridgehead atoms. The lowest BCUT2D eigenvalue weighted by Gasteiger charge is -2.30. The molecule has 326 valence electrons. The van der Waals surface area contributed by atoms with Gasteiger partial charge in [-0.2, -0.15) is 4.31 Å². The van der Waals surface area contributed by atoms with Crippen molar-refractivity contribution in [3.63, 3.8) is 0 Å². The number of rotatable bonds is 24. The van der Waals surface area contributed by atoms with Gasteiger partial charge in [0, 0.05) is 37.1 Å². The maximum Gasteiger partial charge on any atom is 0.481 e. The van der Waals surface area contributed by atoms with Gasteiger partial charge in [-0.15, -0.1) is 0 Å². The number of aliphatic hydroxyl groups is 2. The van der Waals surface area contributed by atoms with E-state index >= 15 is 0 Å². The van der Waals surface area contributed by atoms with Crippen LogP contribution >= 0.6 is 35.2 Å². The fourth-order valence-electron chi connectivity index (χ4n) is 4.87. The summed E-state index contributed by atoms with van der Waals surface area (Å²) in [5, 5.41) is 34.7. The predicted molar refractivity (Wildman–Crippen MR) is 198 cm³/mol. The van der Waals surface area contributed by atoms with Gasteiger partial charge in [0.2, 0.25) is 11.8 Å². The van der Waals surface area contributed by atoms with Crippen LogP contribution in [0.15, 0.2) is 24.8 Å². The minimum Gasteiger partial charge on any atom is -0.481 e. The molecule has 3 rings (SSSR count). The van der Waals surface area contributed by atoms with Crippen LogP contribution in [0.3, 0.4) is 0 Å². The molecule has 0 aliphatic carbocycles. The Bertz CT molecular complexity index is 1950. The van der Waals surface area contributed by atoms with Crippen LogP contribution in [-0.2, 0) is 55.5 Å². The third kappa shape index (κ3) is 15.7. The van der Waals surface area contributed by atoms with Crippen molar-refractivity contribution < 1.29 is 90.4 Å². The molecule has 7 unspecified atom stereocenters. The molecule has 58 heavy (non-hydrogen) atoms. The Morgan fingerprint density at radius 3 is 2.40 bits per heavy atom. The Morgan fingerprint density at radius 2 is 1.72 bits per heavy atom. The molecule has 1 fully saturated rings. The maximum atomic E-state index is 12.7. The van der Waals surface area contributed by atoms with Crippen molar-refractivity contribution in [2.75, 3.05) is 37.8 Å². The van der Waals surface area contributed by atoms with Crippen LogP contribution in [0.25, 0.3) is 11.2 Å². The third-order valence-electron chi connectivity index (χ3n) is 7.74. The number of phosphoric ester groups is 3. The average Bonchev–Trinajstić information content (AvgIpc) is 3.67. The number of imidazole rings is 1. The highest BCUT2D eigenvalue weighted by Crippen LogP contribution is 2.61. The van der Waals surface area contributed by atoms with Crippen LogP contribution in [0.5, 0.6) is 0 Å². The zero-order valence-electron chi connectivity index (χ0n) is 30.7. The Hall–Kier alpha value is -3.23. The zero-order chi connectivity index (χ0) is 43.5. The van der Waals surface area contributed by atoms with Crippen molar-refractivity contribution in [1.29, 1.82) is 0 Å². The smallest absolute Gasteiger partial charge is 0.481 e. The van der Waals surface area contributed by atoms with Crippen LogP contribution in [-0.4, -0.2) is 134 Å². The number of aliphatic hydroxyl groups excluding tert-OH is 2. The monoisotopic (exact) mass is 907 g/mol. The molecule has 1 aliphatic rings. The van der Waals surface area contributed by atoms with E-state index in [1.54, 1.807) is 6.08 Å². The van der Waals surface area contributed by atoms with Gasteiger partial charge in [-0.05, 0) is 6.42 Å². The number of thioether (sulfide) groups is 1. The number of allylic oxidation sites excluding steroid dienone is 1. The zero-order valence-corrected chi connectivity index (χ0v) is 34.2. The van der Waals surface area contributed by atoms with E-state index in [-0.39, 0.29) is 60.2 Å². The fourth-order valence-corrected chi connectivity index (χ4v) is 8.39. The van der Waals surface area contributed by atoms with Gasteiger partial charge >= 0.3 is 29.4 Å². The predicted octanol–water partition coefficient (Wildman–Crippen LogP) is -0.524. The van der Waals surface area contributed by atoms with E-state index in [1.165, 1.54) is 19.9 Å². The maximum absolute atomic E-state index is 12.7. The van der Waals surface area contributed by atoms with Crippen LogP contribution in [0, 0.1) is 5.41 Å². The minimum atomic E-state index is -5.59. The number of carbonyl (C=O) groups excluding carboxylic acids is 3. The SMILES string of the molecule is CC(C)(COP(=O)(O)OP(=O)(O)OCC1OC(n2cnc3c(N)ncnc32)C(O)C1OP(=O)(O)O)C(O)C(=O)NCCC(=O)NCCSC(=O)CC/C=C/CC(=O)O. The number of hydrogen-bond acceptors (Lipinski definition) is 19. The Balaban J connectivity index is 1.45. The number of nitrogens with zero attached hydrogens (tertiary/aromatic N) is 4. The standard InChI is InChI=1S/C28H44N7O19P3S/c1-28(2,23(41)26(42)31-9-8-17(36)30-10-11-58-19(39)7-5-3-4-6-18(37)38)13-51-57(48,49)54-56(46,47)50-12-16-22(53-55(43,44)45)21(40)27(52-16)35-15-34-20-24(29)32-14-33-25(20)35/h3-4,14-16,21-23,27,40-41H,5-13H2,1-2H3,(H,30,36)(H,31,42)(H,37,38)(H,46,47)(H,48,49)(H2,29,32,33)(H2,43,44,45)/b4-3+. The van der Waals surface area contributed by atoms with Crippen LogP contribution < -0.4 is 16.4 Å². The van der Waals surface area contributed by atoms with E-state index in [4.69, 9.17) is 24.6 Å². The Morgan fingerprint density at radius 1 is 1.03 bits per heavy atom. The molecule has 2 aromatic heterocycles. The number of aliphatic carboxylic acids is 1. The molecule has 7 atom stereocenters. The molecule has 0 aromatic carbocycles. The molecule has 11 N–H and O–H groups in total. The minimum absolute atomic E-state index is 0.0213. The number of carboxylic acid groups (broad SMARTS) is 1. The molecule has 1 aliphatic heterocycles. The van der Waals surface area contributed by atoms with Gasteiger partial charge in [-0.3, -0.25) is 37.3 Å².